The molecule has 0 N–H and O–H groups in total. The van der Waals surface area contributed by atoms with Gasteiger partial charge in [-0.25, -0.2) is 0 Å². The average molecular weight is 314 g/mol. The van der Waals surface area contributed by atoms with Crippen LogP contribution < -0.4 is 5.19 Å². The van der Waals surface area contributed by atoms with Crippen molar-refractivity contribution in [3.8, 4) is 0 Å². The lowest BCUT2D eigenvalue weighted by molar-refractivity contribution is -0.161. The second-order valence-corrected chi connectivity index (χ2v) is 7.13. The molecule has 1 unspecified atom stereocenters. The van der Waals surface area contributed by atoms with E-state index >= 15 is 0 Å². The summed E-state index contributed by atoms with van der Waals surface area (Å²) in [5.74, 6) is 0. The highest BCUT2D eigenvalue weighted by Crippen LogP contribution is 2.39. The van der Waals surface area contributed by atoms with Crippen LogP contribution in [-0.2, 0) is 16.8 Å². The van der Waals surface area contributed by atoms with Gasteiger partial charge in [-0.1, -0.05) is 18.6 Å². The van der Waals surface area contributed by atoms with E-state index in [4.69, 9.17) is 4.43 Å². The molecular formula is C12H12F6OSi. The Morgan fingerprint density at radius 2 is 1.65 bits per heavy atom. The first-order chi connectivity index (χ1) is 9.21. The van der Waals surface area contributed by atoms with Crippen LogP contribution in [0.5, 0.6) is 0 Å². The zero-order valence-corrected chi connectivity index (χ0v) is 11.5. The predicted octanol–water partition coefficient (Wildman–Crippen LogP) is 3.47. The SMILES string of the molecule is FC(F)(F)c1cccc([SiH]2CCCCO2)c1C(F)(F)F. The molecule has 8 heteroatoms. The number of rotatable bonds is 1. The van der Waals surface area contributed by atoms with Gasteiger partial charge >= 0.3 is 12.4 Å². The lowest BCUT2D eigenvalue weighted by atomic mass is 10.1. The van der Waals surface area contributed by atoms with E-state index in [1.54, 1.807) is 0 Å². The van der Waals surface area contributed by atoms with E-state index in [2.05, 4.69) is 0 Å². The maximum Gasteiger partial charge on any atom is 0.417 e. The molecule has 0 aromatic heterocycles. The molecule has 1 aromatic carbocycles. The summed E-state index contributed by atoms with van der Waals surface area (Å²) in [5.41, 5.74) is -3.18. The minimum atomic E-state index is -5.03. The van der Waals surface area contributed by atoms with Gasteiger partial charge in [0.2, 0.25) is 9.04 Å². The van der Waals surface area contributed by atoms with E-state index in [9.17, 15) is 26.3 Å². The molecule has 1 heterocycles. The molecule has 1 fully saturated rings. The quantitative estimate of drug-likeness (QED) is 0.570. The Kier molecular flexibility index (Phi) is 4.15. The fourth-order valence-electron chi connectivity index (χ4n) is 2.38. The predicted molar refractivity (Wildman–Crippen MR) is 63.2 cm³/mol. The van der Waals surface area contributed by atoms with Gasteiger partial charge < -0.3 is 4.43 Å². The number of hydrogen-bond donors (Lipinski definition) is 0. The van der Waals surface area contributed by atoms with E-state index in [0.29, 0.717) is 25.1 Å². The summed E-state index contributed by atoms with van der Waals surface area (Å²) in [6, 6.07) is 3.06. The van der Waals surface area contributed by atoms with Crippen LogP contribution in [-0.4, -0.2) is 15.6 Å². The van der Waals surface area contributed by atoms with Crippen LogP contribution in [0.2, 0.25) is 6.04 Å². The monoisotopic (exact) mass is 314 g/mol. The molecule has 2 rings (SSSR count). The molecule has 1 aliphatic heterocycles. The zero-order chi connectivity index (χ0) is 15.0. The van der Waals surface area contributed by atoms with Crippen LogP contribution in [0.15, 0.2) is 18.2 Å². The Bertz CT molecular complexity index is 476. The largest absolute Gasteiger partial charge is 0.417 e. The van der Waals surface area contributed by atoms with Crippen molar-refractivity contribution in [2.24, 2.45) is 0 Å². The van der Waals surface area contributed by atoms with Gasteiger partial charge in [0.15, 0.2) is 0 Å². The molecule has 1 aromatic rings. The van der Waals surface area contributed by atoms with Crippen molar-refractivity contribution in [1.29, 1.82) is 0 Å². The molecule has 0 aliphatic carbocycles. The highest BCUT2D eigenvalue weighted by atomic mass is 28.3. The Morgan fingerprint density at radius 1 is 0.950 bits per heavy atom. The van der Waals surface area contributed by atoms with Crippen molar-refractivity contribution >= 4 is 14.2 Å². The topological polar surface area (TPSA) is 9.23 Å². The highest BCUT2D eigenvalue weighted by Gasteiger charge is 2.46. The zero-order valence-electron chi connectivity index (χ0n) is 10.3. The van der Waals surface area contributed by atoms with Gasteiger partial charge in [-0.05, 0) is 23.7 Å². The molecule has 20 heavy (non-hydrogen) atoms. The third-order valence-electron chi connectivity index (χ3n) is 3.21. The Morgan fingerprint density at radius 3 is 2.15 bits per heavy atom. The smallest absolute Gasteiger partial charge is 0.415 e. The molecule has 0 saturated carbocycles. The first-order valence-corrected chi connectivity index (χ1v) is 7.96. The summed E-state index contributed by atoms with van der Waals surface area (Å²) in [6.45, 7) is 0.324. The van der Waals surface area contributed by atoms with E-state index in [1.165, 1.54) is 0 Å². The van der Waals surface area contributed by atoms with Gasteiger partial charge in [0.1, 0.15) is 0 Å². The summed E-state index contributed by atoms with van der Waals surface area (Å²) in [7, 11) is -2.44. The minimum Gasteiger partial charge on any atom is -0.415 e. The van der Waals surface area contributed by atoms with Crippen molar-refractivity contribution < 1.29 is 30.8 Å². The number of alkyl halides is 6. The second kappa shape index (κ2) is 5.40. The van der Waals surface area contributed by atoms with Gasteiger partial charge in [0, 0.05) is 6.61 Å². The molecule has 1 aliphatic rings. The van der Waals surface area contributed by atoms with Crippen molar-refractivity contribution in [3.05, 3.63) is 29.3 Å². The minimum absolute atomic E-state index is 0.285. The first kappa shape index (κ1) is 15.4. The molecule has 112 valence electrons. The third kappa shape index (κ3) is 3.17. The molecular weight excluding hydrogens is 302 g/mol. The Labute approximate surface area is 113 Å². The normalized spacial score (nSPS) is 21.0. The van der Waals surface area contributed by atoms with E-state index in [0.717, 1.165) is 18.6 Å². The first-order valence-electron chi connectivity index (χ1n) is 6.10. The summed E-state index contributed by atoms with van der Waals surface area (Å²) >= 11 is 0. The van der Waals surface area contributed by atoms with Crippen molar-refractivity contribution in [3.63, 3.8) is 0 Å². The summed E-state index contributed by atoms with van der Waals surface area (Å²) in [5, 5.41) is -0.285. The van der Waals surface area contributed by atoms with Gasteiger partial charge in [0.05, 0.1) is 11.1 Å². The fourth-order valence-corrected chi connectivity index (χ4v) is 5.11. The van der Waals surface area contributed by atoms with E-state index < -0.39 is 32.5 Å². The van der Waals surface area contributed by atoms with E-state index in [-0.39, 0.29) is 5.19 Å². The molecule has 0 spiro atoms. The van der Waals surface area contributed by atoms with Crippen molar-refractivity contribution in [1.82, 2.24) is 0 Å². The number of hydrogen-bond acceptors (Lipinski definition) is 1. The summed E-state index contributed by atoms with van der Waals surface area (Å²) in [4.78, 5) is 0. The number of halogens is 6. The van der Waals surface area contributed by atoms with Crippen LogP contribution >= 0.6 is 0 Å². The molecule has 0 bridgehead atoms. The van der Waals surface area contributed by atoms with Crippen LogP contribution in [0.4, 0.5) is 26.3 Å². The Hall–Kier alpha value is -1.02. The highest BCUT2D eigenvalue weighted by molar-refractivity contribution is 6.68. The molecule has 1 saturated heterocycles. The summed E-state index contributed by atoms with van der Waals surface area (Å²) < 4.78 is 82.9. The lowest BCUT2D eigenvalue weighted by Crippen LogP contribution is -2.42. The van der Waals surface area contributed by atoms with Gasteiger partial charge in [-0.3, -0.25) is 0 Å². The maximum absolute atomic E-state index is 13.1. The second-order valence-electron chi connectivity index (χ2n) is 4.62. The van der Waals surface area contributed by atoms with Crippen LogP contribution in [0.1, 0.15) is 24.0 Å². The van der Waals surface area contributed by atoms with Crippen molar-refractivity contribution in [2.75, 3.05) is 6.61 Å². The number of benzene rings is 1. The van der Waals surface area contributed by atoms with Gasteiger partial charge in [-0.15, -0.1) is 0 Å². The fraction of sp³-hybridized carbons (Fsp3) is 0.500. The van der Waals surface area contributed by atoms with Gasteiger partial charge in [-0.2, -0.15) is 26.3 Å². The van der Waals surface area contributed by atoms with E-state index in [1.807, 2.05) is 0 Å². The van der Waals surface area contributed by atoms with Crippen LogP contribution in [0.3, 0.4) is 0 Å². The average Bonchev–Trinajstić information content (AvgIpc) is 2.37. The molecule has 0 radical (unpaired) electrons. The van der Waals surface area contributed by atoms with Crippen LogP contribution in [0.25, 0.3) is 0 Å². The molecule has 1 nitrogen and oxygen atoms in total. The lowest BCUT2D eigenvalue weighted by Gasteiger charge is -2.26. The van der Waals surface area contributed by atoms with Crippen molar-refractivity contribution in [2.45, 2.75) is 31.2 Å². The third-order valence-corrected chi connectivity index (χ3v) is 5.96. The standard InChI is InChI=1S/C12H12F6OSi/c13-11(14,15)8-4-3-5-9(10(8)12(16,17)18)20-7-2-1-6-19-20/h3-5,20H,1-2,6-7H2. The molecule has 1 atom stereocenters. The maximum atomic E-state index is 13.1. The summed E-state index contributed by atoms with van der Waals surface area (Å²) in [6.07, 6.45) is -8.62. The van der Waals surface area contributed by atoms with Gasteiger partial charge in [0.25, 0.3) is 0 Å². The Balaban J connectivity index is 2.56. The molecule has 0 amide bonds. The van der Waals surface area contributed by atoms with Crippen LogP contribution in [0, 0.1) is 0 Å².